The summed E-state index contributed by atoms with van der Waals surface area (Å²) in [5.41, 5.74) is 2.72. The van der Waals surface area contributed by atoms with E-state index in [1.54, 1.807) is 13.8 Å². The van der Waals surface area contributed by atoms with E-state index in [2.05, 4.69) is 0 Å². The van der Waals surface area contributed by atoms with Crippen LogP contribution >= 0.6 is 0 Å². The van der Waals surface area contributed by atoms with Crippen LogP contribution in [0.3, 0.4) is 0 Å². The van der Waals surface area contributed by atoms with Crippen molar-refractivity contribution in [3.63, 3.8) is 0 Å². The van der Waals surface area contributed by atoms with E-state index in [9.17, 15) is 9.59 Å². The van der Waals surface area contributed by atoms with Gasteiger partial charge in [-0.15, -0.1) is 0 Å². The van der Waals surface area contributed by atoms with Crippen LogP contribution in [0, 0.1) is 6.92 Å². The molecule has 0 aliphatic carbocycles. The first-order valence-electron chi connectivity index (χ1n) is 5.81. The number of hydrogen-bond donors (Lipinski definition) is 0. The van der Waals surface area contributed by atoms with Gasteiger partial charge in [-0.25, -0.2) is 0 Å². The average molecular weight is 234 g/mol. The number of esters is 1. The molecule has 3 nitrogen and oxygen atoms in total. The molecule has 17 heavy (non-hydrogen) atoms. The first kappa shape index (κ1) is 13.4. The van der Waals surface area contributed by atoms with Gasteiger partial charge in [-0.1, -0.05) is 18.2 Å². The van der Waals surface area contributed by atoms with Crippen LogP contribution in [-0.2, 0) is 16.0 Å². The van der Waals surface area contributed by atoms with Gasteiger partial charge in [0.15, 0.2) is 5.78 Å². The Bertz CT molecular complexity index is 421. The quantitative estimate of drug-likeness (QED) is 0.581. The zero-order chi connectivity index (χ0) is 12.8. The van der Waals surface area contributed by atoms with E-state index in [0.717, 1.165) is 16.7 Å². The Hall–Kier alpha value is -1.64. The molecule has 0 fully saturated rings. The number of carbonyl (C=O) groups excluding carboxylic acids is 2. The number of benzene rings is 1. The lowest BCUT2D eigenvalue weighted by atomic mass is 9.97. The zero-order valence-electron chi connectivity index (χ0n) is 10.6. The molecule has 0 heterocycles. The van der Waals surface area contributed by atoms with Crippen LogP contribution in [0.2, 0.25) is 0 Å². The number of Topliss-reactive ketones (excluding diaryl/α,β-unsaturated/α-hetero) is 1. The van der Waals surface area contributed by atoms with Gasteiger partial charge in [0.25, 0.3) is 0 Å². The van der Waals surface area contributed by atoms with Crippen molar-refractivity contribution < 1.29 is 14.3 Å². The predicted molar refractivity (Wildman–Crippen MR) is 66.1 cm³/mol. The third kappa shape index (κ3) is 3.70. The van der Waals surface area contributed by atoms with Crippen LogP contribution in [0.5, 0.6) is 0 Å². The smallest absolute Gasteiger partial charge is 0.306 e. The van der Waals surface area contributed by atoms with Gasteiger partial charge in [0.05, 0.1) is 6.61 Å². The van der Waals surface area contributed by atoms with E-state index in [1.807, 2.05) is 25.1 Å². The number of carbonyl (C=O) groups is 2. The minimum absolute atomic E-state index is 0.0560. The molecule has 3 heteroatoms. The van der Waals surface area contributed by atoms with E-state index in [1.165, 1.54) is 0 Å². The third-order valence-electron chi connectivity index (χ3n) is 2.73. The minimum Gasteiger partial charge on any atom is -0.466 e. The lowest BCUT2D eigenvalue weighted by Crippen LogP contribution is -2.07. The second-order valence-electron chi connectivity index (χ2n) is 3.95. The molecule has 0 atom stereocenters. The molecule has 0 unspecified atom stereocenters. The molecule has 92 valence electrons. The SMILES string of the molecule is CCOC(=O)CCc1cccc(C(C)=O)c1C. The Morgan fingerprint density at radius 2 is 2.00 bits per heavy atom. The van der Waals surface area contributed by atoms with Crippen LogP contribution < -0.4 is 0 Å². The molecule has 0 spiro atoms. The summed E-state index contributed by atoms with van der Waals surface area (Å²) in [6.45, 7) is 5.67. The highest BCUT2D eigenvalue weighted by atomic mass is 16.5. The van der Waals surface area contributed by atoms with Crippen molar-refractivity contribution in [2.75, 3.05) is 6.61 Å². The van der Waals surface area contributed by atoms with Gasteiger partial charge >= 0.3 is 5.97 Å². The monoisotopic (exact) mass is 234 g/mol. The summed E-state index contributed by atoms with van der Waals surface area (Å²) in [5, 5.41) is 0. The van der Waals surface area contributed by atoms with Gasteiger partial charge in [0, 0.05) is 12.0 Å². The second-order valence-corrected chi connectivity index (χ2v) is 3.95. The minimum atomic E-state index is -0.194. The summed E-state index contributed by atoms with van der Waals surface area (Å²) in [7, 11) is 0. The Balaban J connectivity index is 2.75. The van der Waals surface area contributed by atoms with Crippen molar-refractivity contribution in [2.45, 2.75) is 33.6 Å². The molecule has 1 rings (SSSR count). The Morgan fingerprint density at radius 3 is 2.59 bits per heavy atom. The van der Waals surface area contributed by atoms with Crippen molar-refractivity contribution in [2.24, 2.45) is 0 Å². The van der Waals surface area contributed by atoms with Crippen LogP contribution in [0.4, 0.5) is 0 Å². The first-order chi connectivity index (χ1) is 8.06. The fraction of sp³-hybridized carbons (Fsp3) is 0.429. The van der Waals surface area contributed by atoms with Gasteiger partial charge in [-0.05, 0) is 38.3 Å². The standard InChI is InChI=1S/C14H18O3/c1-4-17-14(16)9-8-12-6-5-7-13(10(12)2)11(3)15/h5-7H,4,8-9H2,1-3H3. The van der Waals surface area contributed by atoms with Gasteiger partial charge in [-0.2, -0.15) is 0 Å². The Kier molecular flexibility index (Phi) is 4.88. The van der Waals surface area contributed by atoms with Crippen molar-refractivity contribution in [3.05, 3.63) is 34.9 Å². The number of ether oxygens (including phenoxy) is 1. The van der Waals surface area contributed by atoms with E-state index >= 15 is 0 Å². The molecule has 0 bridgehead atoms. The number of hydrogen-bond acceptors (Lipinski definition) is 3. The number of rotatable bonds is 5. The lowest BCUT2D eigenvalue weighted by Gasteiger charge is -2.09. The molecule has 0 radical (unpaired) electrons. The van der Waals surface area contributed by atoms with Crippen molar-refractivity contribution in [1.29, 1.82) is 0 Å². The van der Waals surface area contributed by atoms with Crippen LogP contribution in [0.25, 0.3) is 0 Å². The second kappa shape index (κ2) is 6.18. The molecule has 1 aromatic carbocycles. The Morgan fingerprint density at radius 1 is 1.29 bits per heavy atom. The normalized spacial score (nSPS) is 10.1. The van der Waals surface area contributed by atoms with Gasteiger partial charge in [0.2, 0.25) is 0 Å². The summed E-state index contributed by atoms with van der Waals surface area (Å²) in [6.07, 6.45) is 0.974. The highest BCUT2D eigenvalue weighted by molar-refractivity contribution is 5.95. The Labute approximate surface area is 102 Å². The summed E-state index contributed by atoms with van der Waals surface area (Å²) in [4.78, 5) is 22.6. The summed E-state index contributed by atoms with van der Waals surface area (Å²) < 4.78 is 4.88. The third-order valence-corrected chi connectivity index (χ3v) is 2.73. The molecule has 0 amide bonds. The van der Waals surface area contributed by atoms with Crippen molar-refractivity contribution in [1.82, 2.24) is 0 Å². The van der Waals surface area contributed by atoms with E-state index in [-0.39, 0.29) is 11.8 Å². The molecular weight excluding hydrogens is 216 g/mol. The predicted octanol–water partition coefficient (Wildman–Crippen LogP) is 2.69. The topological polar surface area (TPSA) is 43.4 Å². The molecule has 0 saturated heterocycles. The molecule has 0 aliphatic heterocycles. The van der Waals surface area contributed by atoms with Crippen LogP contribution in [0.1, 0.15) is 41.8 Å². The molecule has 0 aromatic heterocycles. The maximum Gasteiger partial charge on any atom is 0.306 e. The molecular formula is C14H18O3. The fourth-order valence-corrected chi connectivity index (χ4v) is 1.81. The maximum atomic E-state index is 11.4. The maximum absolute atomic E-state index is 11.4. The lowest BCUT2D eigenvalue weighted by molar-refractivity contribution is -0.143. The largest absolute Gasteiger partial charge is 0.466 e. The van der Waals surface area contributed by atoms with Gasteiger partial charge < -0.3 is 4.74 Å². The summed E-state index contributed by atoms with van der Waals surface area (Å²) in [5.74, 6) is -0.138. The summed E-state index contributed by atoms with van der Waals surface area (Å²) >= 11 is 0. The molecule has 0 N–H and O–H groups in total. The van der Waals surface area contributed by atoms with E-state index in [0.29, 0.717) is 19.4 Å². The molecule has 0 aliphatic rings. The average Bonchev–Trinajstić information content (AvgIpc) is 2.27. The first-order valence-corrected chi connectivity index (χ1v) is 5.81. The van der Waals surface area contributed by atoms with E-state index in [4.69, 9.17) is 4.74 Å². The molecule has 0 saturated carbocycles. The fourth-order valence-electron chi connectivity index (χ4n) is 1.81. The summed E-state index contributed by atoms with van der Waals surface area (Å²) in [6, 6.07) is 5.61. The highest BCUT2D eigenvalue weighted by Gasteiger charge is 2.09. The van der Waals surface area contributed by atoms with Gasteiger partial charge in [0.1, 0.15) is 0 Å². The number of ketones is 1. The van der Waals surface area contributed by atoms with Gasteiger partial charge in [-0.3, -0.25) is 9.59 Å². The highest BCUT2D eigenvalue weighted by Crippen LogP contribution is 2.16. The molecule has 1 aromatic rings. The van der Waals surface area contributed by atoms with Crippen LogP contribution in [-0.4, -0.2) is 18.4 Å². The van der Waals surface area contributed by atoms with E-state index < -0.39 is 0 Å². The van der Waals surface area contributed by atoms with Crippen LogP contribution in [0.15, 0.2) is 18.2 Å². The zero-order valence-corrected chi connectivity index (χ0v) is 10.6. The van der Waals surface area contributed by atoms with Crippen molar-refractivity contribution >= 4 is 11.8 Å². The number of aryl methyl sites for hydroxylation is 1. The van der Waals surface area contributed by atoms with Crippen molar-refractivity contribution in [3.8, 4) is 0 Å².